The Hall–Kier alpha value is -2.79. The van der Waals surface area contributed by atoms with E-state index in [1.165, 1.54) is 25.7 Å². The Balaban J connectivity index is 1.60. The number of halogens is 1. The molecule has 2 heterocycles. The first-order valence-electron chi connectivity index (χ1n) is 11.4. The largest absolute Gasteiger partial charge is 0.493 e. The van der Waals surface area contributed by atoms with Crippen LogP contribution in [0.2, 0.25) is 5.02 Å². The molecule has 5 nitrogen and oxygen atoms in total. The average Bonchev–Trinajstić information content (AvgIpc) is 3.70. The zero-order chi connectivity index (χ0) is 21.8. The summed E-state index contributed by atoms with van der Waals surface area (Å²) in [6.45, 7) is 5.52. The number of benzene rings is 2. The van der Waals surface area contributed by atoms with Crippen LogP contribution in [0.1, 0.15) is 37.1 Å². The second-order valence-electron chi connectivity index (χ2n) is 9.18. The molecule has 2 aliphatic rings. The molecule has 6 rings (SSSR count). The Labute approximate surface area is 192 Å². The number of fused-ring (bicyclic) bond motifs is 3. The van der Waals surface area contributed by atoms with Crippen LogP contribution in [-0.4, -0.2) is 27.6 Å². The molecule has 0 radical (unpaired) electrons. The van der Waals surface area contributed by atoms with E-state index in [-0.39, 0.29) is 0 Å². The van der Waals surface area contributed by atoms with Crippen molar-refractivity contribution >= 4 is 28.2 Å². The smallest absolute Gasteiger partial charge is 0.150 e. The van der Waals surface area contributed by atoms with Gasteiger partial charge in [-0.25, -0.2) is 9.97 Å². The van der Waals surface area contributed by atoms with Gasteiger partial charge < -0.3 is 9.47 Å². The molecule has 0 spiro atoms. The molecule has 32 heavy (non-hydrogen) atoms. The summed E-state index contributed by atoms with van der Waals surface area (Å²) in [4.78, 5) is 9.88. The zero-order valence-corrected chi connectivity index (χ0v) is 19.2. The van der Waals surface area contributed by atoms with Crippen LogP contribution in [0.25, 0.3) is 27.9 Å². The first-order valence-corrected chi connectivity index (χ1v) is 11.8. The van der Waals surface area contributed by atoms with Crippen molar-refractivity contribution in [1.29, 1.82) is 0 Å². The third-order valence-electron chi connectivity index (χ3n) is 6.41. The maximum absolute atomic E-state index is 6.59. The van der Waals surface area contributed by atoms with Gasteiger partial charge in [-0.1, -0.05) is 23.7 Å². The minimum Gasteiger partial charge on any atom is -0.493 e. The van der Waals surface area contributed by atoms with E-state index in [4.69, 9.17) is 31.0 Å². The fourth-order valence-corrected chi connectivity index (χ4v) is 4.49. The van der Waals surface area contributed by atoms with Gasteiger partial charge in [0.1, 0.15) is 17.1 Å². The number of rotatable bonds is 7. The summed E-state index contributed by atoms with van der Waals surface area (Å²) in [6.07, 6.45) is 4.98. The van der Waals surface area contributed by atoms with E-state index < -0.39 is 0 Å². The highest BCUT2D eigenvalue weighted by Crippen LogP contribution is 2.38. The Morgan fingerprint density at radius 3 is 2.34 bits per heavy atom. The van der Waals surface area contributed by atoms with E-state index in [0.717, 1.165) is 64.0 Å². The Kier molecular flexibility index (Phi) is 4.76. The topological polar surface area (TPSA) is 48.7 Å². The molecule has 0 aliphatic heterocycles. The number of ether oxygens (including phenoxy) is 2. The summed E-state index contributed by atoms with van der Waals surface area (Å²) in [5.74, 6) is 3.73. The van der Waals surface area contributed by atoms with Crippen molar-refractivity contribution in [2.24, 2.45) is 11.8 Å². The van der Waals surface area contributed by atoms with E-state index in [9.17, 15) is 0 Å². The van der Waals surface area contributed by atoms with Gasteiger partial charge in [0.05, 0.1) is 40.7 Å². The number of aromatic nitrogens is 3. The third-order valence-corrected chi connectivity index (χ3v) is 6.74. The number of nitrogens with zero attached hydrogens (tertiary/aromatic N) is 3. The second-order valence-corrected chi connectivity index (χ2v) is 9.59. The van der Waals surface area contributed by atoms with Crippen molar-refractivity contribution < 1.29 is 9.47 Å². The molecule has 0 atom stereocenters. The maximum atomic E-state index is 6.59. The van der Waals surface area contributed by atoms with E-state index in [1.54, 1.807) is 0 Å². The molecule has 0 bridgehead atoms. The number of aryl methyl sites for hydroxylation is 2. The number of hydrogen-bond donors (Lipinski definition) is 0. The SMILES string of the molecule is Cc1nc(-c2ccccc2Cl)n2c1c(C)nc1c(OCC3CC3)cc(OCC3CC3)cc12. The Bertz CT molecular complexity index is 1340. The molecule has 2 aromatic heterocycles. The highest BCUT2D eigenvalue weighted by Gasteiger charge is 2.25. The summed E-state index contributed by atoms with van der Waals surface area (Å²) < 4.78 is 14.6. The van der Waals surface area contributed by atoms with E-state index in [2.05, 4.69) is 10.5 Å². The van der Waals surface area contributed by atoms with Crippen LogP contribution in [0, 0.1) is 25.7 Å². The van der Waals surface area contributed by atoms with Gasteiger partial charge in [0.25, 0.3) is 0 Å². The van der Waals surface area contributed by atoms with Crippen LogP contribution in [0.4, 0.5) is 0 Å². The molecule has 0 saturated heterocycles. The lowest BCUT2D eigenvalue weighted by Crippen LogP contribution is -2.05. The highest BCUT2D eigenvalue weighted by molar-refractivity contribution is 6.33. The monoisotopic (exact) mass is 447 g/mol. The van der Waals surface area contributed by atoms with Gasteiger partial charge in [-0.3, -0.25) is 4.40 Å². The Morgan fingerprint density at radius 2 is 1.62 bits per heavy atom. The molecule has 6 heteroatoms. The second kappa shape index (κ2) is 7.66. The van der Waals surface area contributed by atoms with Gasteiger partial charge in [-0.15, -0.1) is 0 Å². The molecule has 0 amide bonds. The third kappa shape index (κ3) is 3.58. The summed E-state index contributed by atoms with van der Waals surface area (Å²) >= 11 is 6.59. The predicted molar refractivity (Wildman–Crippen MR) is 127 cm³/mol. The van der Waals surface area contributed by atoms with Crippen molar-refractivity contribution in [3.63, 3.8) is 0 Å². The van der Waals surface area contributed by atoms with Crippen molar-refractivity contribution in [2.45, 2.75) is 39.5 Å². The number of hydrogen-bond acceptors (Lipinski definition) is 4. The lowest BCUT2D eigenvalue weighted by Gasteiger charge is -2.15. The normalized spacial score (nSPS) is 16.1. The molecule has 164 valence electrons. The first-order chi connectivity index (χ1) is 15.6. The van der Waals surface area contributed by atoms with Crippen LogP contribution < -0.4 is 9.47 Å². The predicted octanol–water partition coefficient (Wildman–Crippen LogP) is 6.40. The molecular weight excluding hydrogens is 422 g/mol. The molecule has 4 aromatic rings. The van der Waals surface area contributed by atoms with Crippen LogP contribution >= 0.6 is 11.6 Å². The highest BCUT2D eigenvalue weighted by atomic mass is 35.5. The van der Waals surface area contributed by atoms with Crippen LogP contribution in [-0.2, 0) is 0 Å². The lowest BCUT2D eigenvalue weighted by molar-refractivity contribution is 0.287. The lowest BCUT2D eigenvalue weighted by atomic mass is 10.2. The van der Waals surface area contributed by atoms with Crippen molar-refractivity contribution in [3.05, 3.63) is 52.8 Å². The van der Waals surface area contributed by atoms with Crippen molar-refractivity contribution in [1.82, 2.24) is 14.4 Å². The molecule has 0 unspecified atom stereocenters. The first kappa shape index (κ1) is 19.9. The van der Waals surface area contributed by atoms with Crippen molar-refractivity contribution in [2.75, 3.05) is 13.2 Å². The van der Waals surface area contributed by atoms with Gasteiger partial charge in [0.15, 0.2) is 5.75 Å². The fourth-order valence-electron chi connectivity index (χ4n) is 4.27. The standard InChI is InChI=1S/C26H26ClN3O2/c1-15-25-16(2)29-26(20-5-3-4-6-21(20)27)30(25)22-11-19(31-13-17-7-8-17)12-23(24(22)28-15)32-14-18-9-10-18/h3-6,11-12,17-18H,7-10,13-14H2,1-2H3. The van der Waals surface area contributed by atoms with Crippen LogP contribution in [0.5, 0.6) is 11.5 Å². The summed E-state index contributed by atoms with van der Waals surface area (Å²) in [6, 6.07) is 11.9. The summed E-state index contributed by atoms with van der Waals surface area (Å²) in [5, 5.41) is 0.674. The molecule has 0 N–H and O–H groups in total. The minimum absolute atomic E-state index is 0.653. The van der Waals surface area contributed by atoms with E-state index >= 15 is 0 Å². The average molecular weight is 448 g/mol. The molecule has 2 aliphatic carbocycles. The van der Waals surface area contributed by atoms with Crippen molar-refractivity contribution in [3.8, 4) is 22.9 Å². The Morgan fingerprint density at radius 1 is 0.938 bits per heavy atom. The molecule has 2 saturated carbocycles. The maximum Gasteiger partial charge on any atom is 0.150 e. The van der Waals surface area contributed by atoms with E-state index in [1.807, 2.05) is 44.2 Å². The van der Waals surface area contributed by atoms with E-state index in [0.29, 0.717) is 16.9 Å². The van der Waals surface area contributed by atoms with Gasteiger partial charge in [-0.2, -0.15) is 0 Å². The summed E-state index contributed by atoms with van der Waals surface area (Å²) in [5.41, 5.74) is 5.51. The van der Waals surface area contributed by atoms with Gasteiger partial charge >= 0.3 is 0 Å². The van der Waals surface area contributed by atoms with Gasteiger partial charge in [0, 0.05) is 17.7 Å². The summed E-state index contributed by atoms with van der Waals surface area (Å²) in [7, 11) is 0. The fraction of sp³-hybridized carbons (Fsp3) is 0.385. The molecule has 2 fully saturated rings. The van der Waals surface area contributed by atoms with Crippen LogP contribution in [0.15, 0.2) is 36.4 Å². The molecule has 2 aromatic carbocycles. The number of imidazole rings is 1. The van der Waals surface area contributed by atoms with Gasteiger partial charge in [-0.05, 0) is 63.5 Å². The van der Waals surface area contributed by atoms with Gasteiger partial charge in [0.2, 0.25) is 0 Å². The van der Waals surface area contributed by atoms with Crippen LogP contribution in [0.3, 0.4) is 0 Å². The zero-order valence-electron chi connectivity index (χ0n) is 18.4. The molecular formula is C26H26ClN3O2. The quantitative estimate of drug-likeness (QED) is 0.329. The minimum atomic E-state index is 0.653.